The van der Waals surface area contributed by atoms with Gasteiger partial charge in [-0.25, -0.2) is 4.98 Å². The molecule has 0 bridgehead atoms. The van der Waals surface area contributed by atoms with Crippen LogP contribution in [0, 0.1) is 0 Å². The standard InChI is InChI=1S/C11H16N2O2/c1-15-11-8(3-2-4-12-11)7-13-9-5-10(14)6-9/h2-4,9-10,13-14H,5-7H2,1H3. The largest absolute Gasteiger partial charge is 0.481 e. The zero-order valence-corrected chi connectivity index (χ0v) is 8.81. The maximum absolute atomic E-state index is 9.14. The van der Waals surface area contributed by atoms with Crippen molar-refractivity contribution in [3.63, 3.8) is 0 Å². The van der Waals surface area contributed by atoms with E-state index < -0.39 is 0 Å². The van der Waals surface area contributed by atoms with Gasteiger partial charge >= 0.3 is 0 Å². The molecule has 0 saturated heterocycles. The van der Waals surface area contributed by atoms with Crippen LogP contribution >= 0.6 is 0 Å². The molecule has 1 saturated carbocycles. The van der Waals surface area contributed by atoms with E-state index in [1.807, 2.05) is 12.1 Å². The maximum atomic E-state index is 9.14. The van der Waals surface area contributed by atoms with Crippen molar-refractivity contribution in [2.75, 3.05) is 7.11 Å². The van der Waals surface area contributed by atoms with Gasteiger partial charge in [0, 0.05) is 24.3 Å². The molecule has 0 spiro atoms. The molecule has 2 rings (SSSR count). The third-order valence-corrected chi connectivity index (χ3v) is 2.74. The molecule has 4 nitrogen and oxygen atoms in total. The summed E-state index contributed by atoms with van der Waals surface area (Å²) in [6.07, 6.45) is 3.30. The lowest BCUT2D eigenvalue weighted by Crippen LogP contribution is -2.43. The van der Waals surface area contributed by atoms with Crippen LogP contribution in [0.2, 0.25) is 0 Å². The van der Waals surface area contributed by atoms with Crippen LogP contribution in [-0.2, 0) is 6.54 Å². The minimum atomic E-state index is -0.113. The summed E-state index contributed by atoms with van der Waals surface area (Å²) in [5.74, 6) is 0.671. The number of pyridine rings is 1. The van der Waals surface area contributed by atoms with Crippen molar-refractivity contribution >= 4 is 0 Å². The molecule has 1 aromatic rings. The van der Waals surface area contributed by atoms with Gasteiger partial charge < -0.3 is 15.2 Å². The molecule has 1 heterocycles. The number of rotatable bonds is 4. The lowest BCUT2D eigenvalue weighted by molar-refractivity contribution is 0.0618. The van der Waals surface area contributed by atoms with Crippen molar-refractivity contribution in [1.29, 1.82) is 0 Å². The number of methoxy groups -OCH3 is 1. The first kappa shape index (κ1) is 10.4. The van der Waals surface area contributed by atoms with Gasteiger partial charge in [-0.05, 0) is 18.9 Å². The summed E-state index contributed by atoms with van der Waals surface area (Å²) in [4.78, 5) is 4.12. The van der Waals surface area contributed by atoms with Gasteiger partial charge in [-0.3, -0.25) is 0 Å². The quantitative estimate of drug-likeness (QED) is 0.765. The summed E-state index contributed by atoms with van der Waals surface area (Å²) in [7, 11) is 1.62. The van der Waals surface area contributed by atoms with Crippen molar-refractivity contribution in [2.24, 2.45) is 0 Å². The summed E-state index contributed by atoms with van der Waals surface area (Å²) in [6, 6.07) is 4.33. The first-order chi connectivity index (χ1) is 7.29. The Labute approximate surface area is 89.3 Å². The van der Waals surface area contributed by atoms with Crippen molar-refractivity contribution < 1.29 is 9.84 Å². The lowest BCUT2D eigenvalue weighted by Gasteiger charge is -2.32. The van der Waals surface area contributed by atoms with Crippen LogP contribution in [0.1, 0.15) is 18.4 Å². The molecule has 82 valence electrons. The summed E-state index contributed by atoms with van der Waals surface area (Å²) >= 11 is 0. The minimum Gasteiger partial charge on any atom is -0.481 e. The van der Waals surface area contributed by atoms with E-state index in [0.717, 1.165) is 24.9 Å². The third kappa shape index (κ3) is 2.46. The molecule has 0 atom stereocenters. The molecule has 15 heavy (non-hydrogen) atoms. The Kier molecular flexibility index (Phi) is 3.18. The highest BCUT2D eigenvalue weighted by molar-refractivity contribution is 5.25. The number of aromatic nitrogens is 1. The number of ether oxygens (including phenoxy) is 1. The Morgan fingerprint density at radius 3 is 3.07 bits per heavy atom. The van der Waals surface area contributed by atoms with E-state index in [9.17, 15) is 0 Å². The van der Waals surface area contributed by atoms with E-state index in [2.05, 4.69) is 10.3 Å². The fourth-order valence-corrected chi connectivity index (χ4v) is 1.75. The monoisotopic (exact) mass is 208 g/mol. The average molecular weight is 208 g/mol. The SMILES string of the molecule is COc1ncccc1CNC1CC(O)C1. The summed E-state index contributed by atoms with van der Waals surface area (Å²) in [5.41, 5.74) is 1.06. The Morgan fingerprint density at radius 2 is 2.40 bits per heavy atom. The van der Waals surface area contributed by atoms with Crippen LogP contribution in [0.15, 0.2) is 18.3 Å². The maximum Gasteiger partial charge on any atom is 0.217 e. The van der Waals surface area contributed by atoms with Gasteiger partial charge in [-0.2, -0.15) is 0 Å². The first-order valence-corrected chi connectivity index (χ1v) is 5.19. The number of nitrogens with one attached hydrogen (secondary N) is 1. The Hall–Kier alpha value is -1.13. The van der Waals surface area contributed by atoms with E-state index in [-0.39, 0.29) is 6.10 Å². The topological polar surface area (TPSA) is 54.4 Å². The molecule has 0 amide bonds. The van der Waals surface area contributed by atoms with E-state index in [1.54, 1.807) is 13.3 Å². The fraction of sp³-hybridized carbons (Fsp3) is 0.545. The molecule has 0 aliphatic heterocycles. The van der Waals surface area contributed by atoms with Crippen LogP contribution in [0.5, 0.6) is 5.88 Å². The van der Waals surface area contributed by atoms with E-state index in [0.29, 0.717) is 11.9 Å². The van der Waals surface area contributed by atoms with Gasteiger partial charge in [0.05, 0.1) is 13.2 Å². The van der Waals surface area contributed by atoms with E-state index in [4.69, 9.17) is 9.84 Å². The number of aliphatic hydroxyl groups excluding tert-OH is 1. The number of hydrogen-bond acceptors (Lipinski definition) is 4. The van der Waals surface area contributed by atoms with Crippen LogP contribution < -0.4 is 10.1 Å². The second-order valence-electron chi connectivity index (χ2n) is 3.87. The molecule has 1 aliphatic carbocycles. The molecule has 0 radical (unpaired) electrons. The Morgan fingerprint density at radius 1 is 1.60 bits per heavy atom. The molecular weight excluding hydrogens is 192 g/mol. The van der Waals surface area contributed by atoms with Crippen LogP contribution in [0.25, 0.3) is 0 Å². The van der Waals surface area contributed by atoms with Gasteiger partial charge in [0.25, 0.3) is 0 Å². The molecule has 0 aromatic carbocycles. The highest BCUT2D eigenvalue weighted by Crippen LogP contribution is 2.21. The van der Waals surface area contributed by atoms with E-state index >= 15 is 0 Å². The van der Waals surface area contributed by atoms with Gasteiger partial charge in [0.1, 0.15) is 0 Å². The molecule has 1 aromatic heterocycles. The Balaban J connectivity index is 1.87. The minimum absolute atomic E-state index is 0.113. The molecule has 4 heteroatoms. The average Bonchev–Trinajstić information content (AvgIpc) is 2.23. The van der Waals surface area contributed by atoms with Gasteiger partial charge in [0.15, 0.2) is 0 Å². The highest BCUT2D eigenvalue weighted by atomic mass is 16.5. The highest BCUT2D eigenvalue weighted by Gasteiger charge is 2.26. The van der Waals surface area contributed by atoms with Crippen molar-refractivity contribution in [1.82, 2.24) is 10.3 Å². The smallest absolute Gasteiger partial charge is 0.217 e. The molecule has 1 fully saturated rings. The van der Waals surface area contributed by atoms with Crippen LogP contribution in [-0.4, -0.2) is 29.3 Å². The first-order valence-electron chi connectivity index (χ1n) is 5.19. The van der Waals surface area contributed by atoms with Gasteiger partial charge in [-0.15, -0.1) is 0 Å². The van der Waals surface area contributed by atoms with Crippen molar-refractivity contribution in [2.45, 2.75) is 31.5 Å². The third-order valence-electron chi connectivity index (χ3n) is 2.74. The fourth-order valence-electron chi connectivity index (χ4n) is 1.75. The lowest BCUT2D eigenvalue weighted by atomic mass is 9.89. The van der Waals surface area contributed by atoms with Crippen molar-refractivity contribution in [3.8, 4) is 5.88 Å². The van der Waals surface area contributed by atoms with Crippen LogP contribution in [0.3, 0.4) is 0 Å². The predicted octanol–water partition coefficient (Wildman–Crippen LogP) is 0.703. The van der Waals surface area contributed by atoms with Gasteiger partial charge in [0.2, 0.25) is 5.88 Å². The second kappa shape index (κ2) is 4.59. The van der Waals surface area contributed by atoms with Gasteiger partial charge in [-0.1, -0.05) is 6.07 Å². The van der Waals surface area contributed by atoms with Crippen LogP contribution in [0.4, 0.5) is 0 Å². The second-order valence-corrected chi connectivity index (χ2v) is 3.87. The molecule has 0 unspecified atom stereocenters. The zero-order chi connectivity index (χ0) is 10.7. The molecule has 2 N–H and O–H groups in total. The predicted molar refractivity (Wildman–Crippen MR) is 56.7 cm³/mol. The summed E-state index contributed by atoms with van der Waals surface area (Å²) < 4.78 is 5.15. The normalized spacial score (nSPS) is 24.7. The zero-order valence-electron chi connectivity index (χ0n) is 8.81. The Bertz CT molecular complexity index is 324. The summed E-state index contributed by atoms with van der Waals surface area (Å²) in [5, 5.41) is 12.5. The number of aliphatic hydroxyl groups is 1. The number of hydrogen-bond donors (Lipinski definition) is 2. The van der Waals surface area contributed by atoms with E-state index in [1.165, 1.54) is 0 Å². The molecular formula is C11H16N2O2. The molecule has 1 aliphatic rings. The number of nitrogens with zero attached hydrogens (tertiary/aromatic N) is 1. The summed E-state index contributed by atoms with van der Waals surface area (Å²) in [6.45, 7) is 0.744. The van der Waals surface area contributed by atoms with Crippen molar-refractivity contribution in [3.05, 3.63) is 23.9 Å².